The fourth-order valence-corrected chi connectivity index (χ4v) is 4.18. The monoisotopic (exact) mass is 358 g/mol. The number of benzene rings is 1. The number of nitrogens with zero attached hydrogens (tertiary/aromatic N) is 4. The maximum Gasteiger partial charge on any atom is 0.412 e. The lowest BCUT2D eigenvalue weighted by Crippen LogP contribution is -2.41. The second-order valence-corrected chi connectivity index (χ2v) is 7.24. The Morgan fingerprint density at radius 3 is 2.81 bits per heavy atom. The van der Waals surface area contributed by atoms with Crippen LogP contribution in [0.15, 0.2) is 12.1 Å². The molecule has 0 bridgehead atoms. The fourth-order valence-electron chi connectivity index (χ4n) is 4.18. The third-order valence-corrected chi connectivity index (χ3v) is 5.65. The van der Waals surface area contributed by atoms with Gasteiger partial charge in [-0.2, -0.15) is 0 Å². The Labute approximate surface area is 153 Å². The van der Waals surface area contributed by atoms with Crippen molar-refractivity contribution in [3.05, 3.63) is 23.5 Å². The molecule has 1 atom stereocenters. The number of aromatic nitrogens is 2. The van der Waals surface area contributed by atoms with E-state index in [2.05, 4.69) is 9.47 Å². The number of hydrogen-bond donors (Lipinski definition) is 1. The molecule has 140 valence electrons. The van der Waals surface area contributed by atoms with Gasteiger partial charge in [0.25, 0.3) is 0 Å². The first-order valence-corrected chi connectivity index (χ1v) is 9.37. The molecule has 1 aromatic carbocycles. The molecule has 3 heterocycles. The van der Waals surface area contributed by atoms with E-state index in [0.29, 0.717) is 0 Å². The van der Waals surface area contributed by atoms with Crippen LogP contribution in [0.4, 0.5) is 10.5 Å². The van der Waals surface area contributed by atoms with E-state index in [1.54, 1.807) is 0 Å². The Balaban J connectivity index is 1.67. The smallest absolute Gasteiger partial charge is 0.412 e. The Hall–Kier alpha value is -2.12. The Bertz CT molecular complexity index is 826. The molecular weight excluding hydrogens is 332 g/mol. The van der Waals surface area contributed by atoms with Crippen LogP contribution >= 0.6 is 0 Å². The summed E-state index contributed by atoms with van der Waals surface area (Å²) in [6, 6.07) is 3.98. The molecule has 4 rings (SSSR count). The SMILES string of the molecule is Cc1nc2c3c(ccc2n1CCN1CCOCC1)N(C(=O)O)[C@@H](C)CC3. The third-order valence-electron chi connectivity index (χ3n) is 5.65. The number of imidazole rings is 1. The van der Waals surface area contributed by atoms with Crippen molar-refractivity contribution in [2.45, 2.75) is 39.3 Å². The molecule has 1 N–H and O–H groups in total. The van der Waals surface area contributed by atoms with E-state index in [-0.39, 0.29) is 6.04 Å². The van der Waals surface area contributed by atoms with E-state index in [1.165, 1.54) is 4.90 Å². The fraction of sp³-hybridized carbons (Fsp3) is 0.579. The molecule has 2 aliphatic rings. The van der Waals surface area contributed by atoms with Crippen LogP contribution in [-0.4, -0.2) is 64.5 Å². The molecule has 0 spiro atoms. The van der Waals surface area contributed by atoms with Gasteiger partial charge in [-0.3, -0.25) is 9.80 Å². The molecule has 1 aromatic heterocycles. The largest absolute Gasteiger partial charge is 0.465 e. The normalized spacial score (nSPS) is 21.2. The quantitative estimate of drug-likeness (QED) is 0.913. The molecule has 26 heavy (non-hydrogen) atoms. The summed E-state index contributed by atoms with van der Waals surface area (Å²) in [6.07, 6.45) is 0.816. The van der Waals surface area contributed by atoms with Gasteiger partial charge >= 0.3 is 6.09 Å². The van der Waals surface area contributed by atoms with Crippen molar-refractivity contribution in [3.8, 4) is 0 Å². The molecule has 1 saturated heterocycles. The lowest BCUT2D eigenvalue weighted by Gasteiger charge is -2.33. The van der Waals surface area contributed by atoms with Gasteiger partial charge in [0.1, 0.15) is 5.82 Å². The Morgan fingerprint density at radius 1 is 1.31 bits per heavy atom. The molecule has 0 unspecified atom stereocenters. The van der Waals surface area contributed by atoms with E-state index in [0.717, 1.165) is 80.3 Å². The third kappa shape index (κ3) is 2.95. The minimum atomic E-state index is -0.888. The van der Waals surface area contributed by atoms with Gasteiger partial charge in [0, 0.05) is 37.8 Å². The van der Waals surface area contributed by atoms with E-state index >= 15 is 0 Å². The van der Waals surface area contributed by atoms with Crippen LogP contribution in [0.25, 0.3) is 11.0 Å². The van der Waals surface area contributed by atoms with Crippen molar-refractivity contribution >= 4 is 22.8 Å². The van der Waals surface area contributed by atoms with Crippen LogP contribution in [0.5, 0.6) is 0 Å². The van der Waals surface area contributed by atoms with Crippen molar-refractivity contribution in [2.24, 2.45) is 0 Å². The molecule has 0 aliphatic carbocycles. The number of ether oxygens (including phenoxy) is 1. The van der Waals surface area contributed by atoms with Crippen LogP contribution in [0, 0.1) is 6.92 Å². The predicted octanol–water partition coefficient (Wildman–Crippen LogP) is 2.50. The average Bonchev–Trinajstić information content (AvgIpc) is 2.95. The number of morpholine rings is 1. The molecule has 1 amide bonds. The minimum Gasteiger partial charge on any atom is -0.465 e. The van der Waals surface area contributed by atoms with Gasteiger partial charge in [-0.15, -0.1) is 0 Å². The molecule has 0 radical (unpaired) electrons. The first kappa shape index (κ1) is 17.3. The van der Waals surface area contributed by atoms with Crippen molar-refractivity contribution in [1.82, 2.24) is 14.5 Å². The highest BCUT2D eigenvalue weighted by atomic mass is 16.5. The summed E-state index contributed by atoms with van der Waals surface area (Å²) in [7, 11) is 0. The van der Waals surface area contributed by atoms with Crippen molar-refractivity contribution < 1.29 is 14.6 Å². The predicted molar refractivity (Wildman–Crippen MR) is 100 cm³/mol. The standard InChI is InChI=1S/C19H26N4O3/c1-13-3-4-15-16(23(13)19(24)25)5-6-17-18(15)20-14(2)22(17)8-7-21-9-11-26-12-10-21/h5-6,13H,3-4,7-12H2,1-2H3,(H,24,25)/t13-/m0/s1. The van der Waals surface area contributed by atoms with Crippen molar-refractivity contribution in [1.29, 1.82) is 0 Å². The van der Waals surface area contributed by atoms with E-state index in [9.17, 15) is 9.90 Å². The Morgan fingerprint density at radius 2 is 2.08 bits per heavy atom. The van der Waals surface area contributed by atoms with Gasteiger partial charge in [-0.05, 0) is 38.8 Å². The zero-order valence-corrected chi connectivity index (χ0v) is 15.4. The topological polar surface area (TPSA) is 70.8 Å². The highest BCUT2D eigenvalue weighted by Crippen LogP contribution is 2.36. The van der Waals surface area contributed by atoms with Gasteiger partial charge < -0.3 is 14.4 Å². The van der Waals surface area contributed by atoms with Gasteiger partial charge in [-0.1, -0.05) is 0 Å². The zero-order valence-electron chi connectivity index (χ0n) is 15.4. The van der Waals surface area contributed by atoms with E-state index in [1.807, 2.05) is 26.0 Å². The second-order valence-electron chi connectivity index (χ2n) is 7.24. The molecular formula is C19H26N4O3. The zero-order chi connectivity index (χ0) is 18.3. The number of anilines is 1. The number of carbonyl (C=O) groups is 1. The van der Waals surface area contributed by atoms with Crippen LogP contribution in [-0.2, 0) is 17.7 Å². The maximum absolute atomic E-state index is 11.7. The van der Waals surface area contributed by atoms with Gasteiger partial charge in [0.05, 0.1) is 29.9 Å². The summed E-state index contributed by atoms with van der Waals surface area (Å²) in [6.45, 7) is 9.44. The molecule has 2 aliphatic heterocycles. The first-order valence-electron chi connectivity index (χ1n) is 9.37. The van der Waals surface area contributed by atoms with E-state index in [4.69, 9.17) is 9.72 Å². The Kier molecular flexibility index (Phi) is 4.58. The molecule has 2 aromatic rings. The number of rotatable bonds is 3. The number of hydrogen-bond acceptors (Lipinski definition) is 4. The molecule has 7 heteroatoms. The van der Waals surface area contributed by atoms with Crippen LogP contribution in [0.1, 0.15) is 24.7 Å². The van der Waals surface area contributed by atoms with Gasteiger partial charge in [0.2, 0.25) is 0 Å². The summed E-state index contributed by atoms with van der Waals surface area (Å²) in [5, 5.41) is 9.60. The molecule has 0 saturated carbocycles. The minimum absolute atomic E-state index is 0.00181. The van der Waals surface area contributed by atoms with Gasteiger partial charge in [-0.25, -0.2) is 9.78 Å². The first-order chi connectivity index (χ1) is 12.6. The molecule has 1 fully saturated rings. The summed E-state index contributed by atoms with van der Waals surface area (Å²) >= 11 is 0. The lowest BCUT2D eigenvalue weighted by molar-refractivity contribution is 0.0364. The maximum atomic E-state index is 11.7. The lowest BCUT2D eigenvalue weighted by atomic mass is 9.96. The summed E-state index contributed by atoms with van der Waals surface area (Å²) in [5.74, 6) is 0.988. The summed E-state index contributed by atoms with van der Waals surface area (Å²) in [5.41, 5.74) is 3.92. The number of fused-ring (bicyclic) bond motifs is 3. The average molecular weight is 358 g/mol. The van der Waals surface area contributed by atoms with E-state index < -0.39 is 6.09 Å². The number of carboxylic acid groups (broad SMARTS) is 1. The van der Waals surface area contributed by atoms with Crippen LogP contribution in [0.3, 0.4) is 0 Å². The second kappa shape index (κ2) is 6.89. The summed E-state index contributed by atoms with van der Waals surface area (Å²) in [4.78, 5) is 20.4. The highest BCUT2D eigenvalue weighted by molar-refractivity contribution is 5.94. The molecule has 7 nitrogen and oxygen atoms in total. The van der Waals surface area contributed by atoms with Crippen LogP contribution in [0.2, 0.25) is 0 Å². The number of aryl methyl sites for hydroxylation is 2. The summed E-state index contributed by atoms with van der Waals surface area (Å²) < 4.78 is 7.68. The van der Waals surface area contributed by atoms with Gasteiger partial charge in [0.15, 0.2) is 0 Å². The highest BCUT2D eigenvalue weighted by Gasteiger charge is 2.30. The van der Waals surface area contributed by atoms with Crippen molar-refractivity contribution in [2.75, 3.05) is 37.7 Å². The van der Waals surface area contributed by atoms with Crippen LogP contribution < -0.4 is 4.90 Å². The number of amides is 1. The van der Waals surface area contributed by atoms with Crippen molar-refractivity contribution in [3.63, 3.8) is 0 Å².